The maximum absolute atomic E-state index is 13.1. The fourth-order valence-electron chi connectivity index (χ4n) is 3.71. The predicted octanol–water partition coefficient (Wildman–Crippen LogP) is 4.66. The highest BCUT2D eigenvalue weighted by atomic mass is 19.4. The number of anilines is 1. The summed E-state index contributed by atoms with van der Waals surface area (Å²) in [5, 5.41) is 2.42. The first-order valence-electron chi connectivity index (χ1n) is 8.89. The van der Waals surface area contributed by atoms with Crippen molar-refractivity contribution in [1.29, 1.82) is 0 Å². The van der Waals surface area contributed by atoms with Crippen molar-refractivity contribution in [1.82, 2.24) is 4.90 Å². The maximum Gasteiger partial charge on any atom is 0.418 e. The Morgan fingerprint density at radius 2 is 2.00 bits per heavy atom. The van der Waals surface area contributed by atoms with Gasteiger partial charge in [0.25, 0.3) is 0 Å². The third kappa shape index (κ3) is 3.59. The highest BCUT2D eigenvalue weighted by Gasteiger charge is 2.34. The van der Waals surface area contributed by atoms with E-state index in [9.17, 15) is 18.0 Å². The van der Waals surface area contributed by atoms with Crippen molar-refractivity contribution in [3.8, 4) is 5.75 Å². The van der Waals surface area contributed by atoms with Crippen molar-refractivity contribution >= 4 is 11.7 Å². The summed E-state index contributed by atoms with van der Waals surface area (Å²) in [6.07, 6.45) is -2.84. The summed E-state index contributed by atoms with van der Waals surface area (Å²) in [5.41, 5.74) is 1.26. The van der Waals surface area contributed by atoms with Crippen LogP contribution in [0.25, 0.3) is 0 Å². The van der Waals surface area contributed by atoms with Crippen LogP contribution in [0.3, 0.4) is 0 Å². The largest absolute Gasteiger partial charge is 0.493 e. The predicted molar refractivity (Wildman–Crippen MR) is 95.0 cm³/mol. The number of benzene rings is 2. The number of alkyl halides is 3. The fraction of sp³-hybridized carbons (Fsp3) is 0.350. The van der Waals surface area contributed by atoms with Gasteiger partial charge in [-0.15, -0.1) is 0 Å². The summed E-state index contributed by atoms with van der Waals surface area (Å²) in [6.45, 7) is 1.69. The van der Waals surface area contributed by atoms with Gasteiger partial charge in [-0.3, -0.25) is 0 Å². The Labute approximate surface area is 154 Å². The van der Waals surface area contributed by atoms with E-state index in [-0.39, 0.29) is 11.6 Å². The van der Waals surface area contributed by atoms with Crippen LogP contribution in [-0.4, -0.2) is 30.6 Å². The number of likely N-dealkylation sites (tertiary alicyclic amines) is 1. The van der Waals surface area contributed by atoms with Gasteiger partial charge in [0.2, 0.25) is 0 Å². The molecule has 1 N–H and O–H groups in total. The zero-order valence-corrected chi connectivity index (χ0v) is 14.6. The number of hydrogen-bond donors (Lipinski definition) is 1. The number of para-hydroxylation sites is 1. The van der Waals surface area contributed by atoms with Crippen LogP contribution < -0.4 is 10.1 Å². The van der Waals surface area contributed by atoms with Gasteiger partial charge in [0.05, 0.1) is 17.9 Å². The lowest BCUT2D eigenvalue weighted by atomic mass is 9.96. The molecule has 0 spiro atoms. The molecule has 4 rings (SSSR count). The van der Waals surface area contributed by atoms with Crippen LogP contribution in [0.5, 0.6) is 5.75 Å². The maximum atomic E-state index is 13.1. The third-order valence-corrected chi connectivity index (χ3v) is 5.13. The minimum atomic E-state index is -4.51. The second-order valence-electron chi connectivity index (χ2n) is 6.87. The standard InChI is InChI=1S/C20H19F3N2O2/c21-20(22,23)16-3-1-2-4-17(16)24-19(26)25-9-7-15(12-25)13-5-6-18-14(11-13)8-10-27-18/h1-6,11,15H,7-10,12H2,(H,24,26). The van der Waals surface area contributed by atoms with Crippen LogP contribution in [0.15, 0.2) is 42.5 Å². The van der Waals surface area contributed by atoms with Gasteiger partial charge in [-0.1, -0.05) is 24.3 Å². The van der Waals surface area contributed by atoms with Gasteiger partial charge < -0.3 is 15.0 Å². The molecule has 2 heterocycles. The van der Waals surface area contributed by atoms with E-state index in [4.69, 9.17) is 4.74 Å². The molecule has 7 heteroatoms. The quantitative estimate of drug-likeness (QED) is 0.828. The highest BCUT2D eigenvalue weighted by Crippen LogP contribution is 2.36. The molecule has 1 unspecified atom stereocenters. The first-order valence-corrected chi connectivity index (χ1v) is 8.89. The molecule has 1 atom stereocenters. The van der Waals surface area contributed by atoms with Crippen molar-refractivity contribution in [2.24, 2.45) is 0 Å². The second-order valence-corrected chi connectivity index (χ2v) is 6.87. The van der Waals surface area contributed by atoms with Gasteiger partial charge in [0.1, 0.15) is 5.75 Å². The Kier molecular flexibility index (Phi) is 4.45. The molecule has 1 fully saturated rings. The number of carbonyl (C=O) groups is 1. The molecule has 142 valence electrons. The number of nitrogens with zero attached hydrogens (tertiary/aromatic N) is 1. The molecule has 27 heavy (non-hydrogen) atoms. The Bertz CT molecular complexity index is 867. The van der Waals surface area contributed by atoms with Crippen LogP contribution >= 0.6 is 0 Å². The second kappa shape index (κ2) is 6.79. The summed E-state index contributed by atoms with van der Waals surface area (Å²) in [6, 6.07) is 10.6. The average Bonchev–Trinajstić information content (AvgIpc) is 3.30. The average molecular weight is 376 g/mol. The minimum Gasteiger partial charge on any atom is -0.493 e. The van der Waals surface area contributed by atoms with Crippen LogP contribution in [0.2, 0.25) is 0 Å². The lowest BCUT2D eigenvalue weighted by Crippen LogP contribution is -2.33. The number of fused-ring (bicyclic) bond motifs is 1. The van der Waals surface area contributed by atoms with E-state index in [1.165, 1.54) is 23.8 Å². The Morgan fingerprint density at radius 1 is 1.19 bits per heavy atom. The van der Waals surface area contributed by atoms with E-state index >= 15 is 0 Å². The van der Waals surface area contributed by atoms with Gasteiger partial charge in [-0.05, 0) is 35.7 Å². The number of hydrogen-bond acceptors (Lipinski definition) is 2. The minimum absolute atomic E-state index is 0.180. The highest BCUT2D eigenvalue weighted by molar-refractivity contribution is 5.90. The molecule has 4 nitrogen and oxygen atoms in total. The molecule has 2 aliphatic heterocycles. The normalized spacial score (nSPS) is 18.9. The summed E-state index contributed by atoms with van der Waals surface area (Å²) >= 11 is 0. The molecule has 0 aliphatic carbocycles. The summed E-state index contributed by atoms with van der Waals surface area (Å²) in [4.78, 5) is 14.1. The number of ether oxygens (including phenoxy) is 1. The van der Waals surface area contributed by atoms with Crippen molar-refractivity contribution in [2.75, 3.05) is 25.0 Å². The van der Waals surface area contributed by atoms with E-state index < -0.39 is 17.8 Å². The number of nitrogens with one attached hydrogen (secondary N) is 1. The number of carbonyl (C=O) groups excluding carboxylic acids is 1. The number of halogens is 3. The monoisotopic (exact) mass is 376 g/mol. The molecule has 1 saturated heterocycles. The first kappa shape index (κ1) is 17.7. The van der Waals surface area contributed by atoms with Gasteiger partial charge in [-0.25, -0.2) is 4.79 Å². The molecule has 0 bridgehead atoms. The smallest absolute Gasteiger partial charge is 0.418 e. The molecule has 2 aromatic carbocycles. The number of amides is 2. The lowest BCUT2D eigenvalue weighted by Gasteiger charge is -2.20. The van der Waals surface area contributed by atoms with E-state index in [2.05, 4.69) is 11.4 Å². The zero-order valence-electron chi connectivity index (χ0n) is 14.6. The van der Waals surface area contributed by atoms with Crippen LogP contribution in [-0.2, 0) is 12.6 Å². The molecule has 2 aromatic rings. The van der Waals surface area contributed by atoms with Crippen molar-refractivity contribution < 1.29 is 22.7 Å². The van der Waals surface area contributed by atoms with Gasteiger partial charge >= 0.3 is 12.2 Å². The summed E-state index contributed by atoms with van der Waals surface area (Å²) in [5.74, 6) is 1.09. The summed E-state index contributed by atoms with van der Waals surface area (Å²) < 4.78 is 44.8. The molecule has 2 amide bonds. The lowest BCUT2D eigenvalue weighted by molar-refractivity contribution is -0.136. The van der Waals surface area contributed by atoms with Gasteiger partial charge in [0, 0.05) is 25.4 Å². The van der Waals surface area contributed by atoms with Crippen molar-refractivity contribution in [3.63, 3.8) is 0 Å². The van der Waals surface area contributed by atoms with E-state index in [1.54, 1.807) is 4.90 Å². The molecule has 0 aromatic heterocycles. The van der Waals surface area contributed by atoms with Gasteiger partial charge in [-0.2, -0.15) is 13.2 Å². The van der Waals surface area contributed by atoms with E-state index in [1.807, 2.05) is 12.1 Å². The van der Waals surface area contributed by atoms with Gasteiger partial charge in [0.15, 0.2) is 0 Å². The van der Waals surface area contributed by atoms with Crippen molar-refractivity contribution in [2.45, 2.75) is 24.9 Å². The molecular formula is C20H19F3N2O2. The van der Waals surface area contributed by atoms with Crippen LogP contribution in [0, 0.1) is 0 Å². The molecular weight excluding hydrogens is 357 g/mol. The molecule has 2 aliphatic rings. The third-order valence-electron chi connectivity index (χ3n) is 5.13. The number of urea groups is 1. The molecule has 0 radical (unpaired) electrons. The Balaban J connectivity index is 1.44. The van der Waals surface area contributed by atoms with Crippen LogP contribution in [0.1, 0.15) is 29.0 Å². The van der Waals surface area contributed by atoms with E-state index in [0.717, 1.165) is 30.2 Å². The summed E-state index contributed by atoms with van der Waals surface area (Å²) in [7, 11) is 0. The van der Waals surface area contributed by atoms with Crippen LogP contribution in [0.4, 0.5) is 23.7 Å². The van der Waals surface area contributed by atoms with E-state index in [0.29, 0.717) is 19.7 Å². The van der Waals surface area contributed by atoms with Crippen molar-refractivity contribution in [3.05, 3.63) is 59.2 Å². The Morgan fingerprint density at radius 3 is 2.81 bits per heavy atom. The zero-order chi connectivity index (χ0) is 19.0. The molecule has 0 saturated carbocycles. The first-order chi connectivity index (χ1) is 12.9. The fourth-order valence-corrected chi connectivity index (χ4v) is 3.71. The SMILES string of the molecule is O=C(Nc1ccccc1C(F)(F)F)N1CCC(c2ccc3c(c2)CCO3)C1. The topological polar surface area (TPSA) is 41.6 Å². The Hall–Kier alpha value is -2.70. The number of rotatable bonds is 2.